The molecule has 0 spiro atoms. The van der Waals surface area contributed by atoms with Crippen molar-refractivity contribution in [1.29, 1.82) is 0 Å². The summed E-state index contributed by atoms with van der Waals surface area (Å²) in [5.74, 6) is 1.85. The third-order valence-corrected chi connectivity index (χ3v) is 1.20. The van der Waals surface area contributed by atoms with Gasteiger partial charge in [-0.3, -0.25) is 0 Å². The van der Waals surface area contributed by atoms with Crippen molar-refractivity contribution in [1.82, 2.24) is 0 Å². The Hall–Kier alpha value is 1.09. The molecule has 0 unspecified atom stereocenters. The zero-order chi connectivity index (χ0) is 6.15. The summed E-state index contributed by atoms with van der Waals surface area (Å²) in [6.45, 7) is 5.84. The summed E-state index contributed by atoms with van der Waals surface area (Å²) in [4.78, 5) is 0. The maximum Gasteiger partial charge on any atom is 1.00 e. The zero-order valence-electron chi connectivity index (χ0n) is 6.41. The van der Waals surface area contributed by atoms with E-state index in [4.69, 9.17) is 4.42 Å². The Morgan fingerprint density at radius 1 is 1.22 bits per heavy atom. The molecule has 9 heavy (non-hydrogen) atoms. The molecule has 0 saturated heterocycles. The molecule has 0 aliphatic rings. The Labute approximate surface area is 105 Å². The minimum atomic E-state index is 0. The summed E-state index contributed by atoms with van der Waals surface area (Å²) < 4.78 is 5.16. The molecular weight excluding hydrogens is 186 g/mol. The fourth-order valence-corrected chi connectivity index (χ4v) is 0.684. The van der Waals surface area contributed by atoms with Crippen molar-refractivity contribution in [3.8, 4) is 0 Å². The van der Waals surface area contributed by atoms with Gasteiger partial charge in [-0.25, -0.2) is 6.07 Å². The van der Waals surface area contributed by atoms with Crippen molar-refractivity contribution in [3.63, 3.8) is 0 Å². The van der Waals surface area contributed by atoms with E-state index < -0.39 is 0 Å². The van der Waals surface area contributed by atoms with Crippen LogP contribution in [0.1, 0.15) is 17.1 Å². The van der Waals surface area contributed by atoms with Crippen molar-refractivity contribution < 1.29 is 62.6 Å². The smallest absolute Gasteiger partial charge is 0.570 e. The van der Waals surface area contributed by atoms with Gasteiger partial charge >= 0.3 is 58.2 Å². The Morgan fingerprint density at radius 3 is 1.89 bits per heavy atom. The van der Waals surface area contributed by atoms with Gasteiger partial charge in [0.05, 0.1) is 0 Å². The average Bonchev–Trinajstić information content (AvgIpc) is 1.85. The first-order chi connectivity index (χ1) is 3.70. The molecule has 0 aromatic carbocycles. The summed E-state index contributed by atoms with van der Waals surface area (Å²) in [7, 11) is 0. The molecule has 1 aromatic rings. The van der Waals surface area contributed by atoms with E-state index in [1.54, 1.807) is 0 Å². The minimum Gasteiger partial charge on any atom is -0.570 e. The molecule has 44 valence electrons. The van der Waals surface area contributed by atoms with Gasteiger partial charge in [-0.05, 0) is 12.7 Å². The summed E-state index contributed by atoms with van der Waals surface area (Å²) in [6, 6.07) is 3.04. The maximum atomic E-state index is 5.16. The van der Waals surface area contributed by atoms with Gasteiger partial charge in [0.15, 0.2) is 0 Å². The van der Waals surface area contributed by atoms with Crippen LogP contribution in [0.2, 0.25) is 0 Å². The second-order valence-electron chi connectivity index (χ2n) is 1.96. The zero-order valence-corrected chi connectivity index (χ0v) is 11.3. The average molecular weight is 195 g/mol. The van der Waals surface area contributed by atoms with Crippen LogP contribution < -0.4 is 58.2 Å². The third-order valence-electron chi connectivity index (χ3n) is 1.20. The van der Waals surface area contributed by atoms with Crippen LogP contribution in [0.25, 0.3) is 0 Å². The van der Waals surface area contributed by atoms with Crippen molar-refractivity contribution in [3.05, 3.63) is 23.2 Å². The summed E-state index contributed by atoms with van der Waals surface area (Å²) in [6.07, 6.45) is 0. The maximum absolute atomic E-state index is 5.16. The topological polar surface area (TPSA) is 13.1 Å². The third kappa shape index (κ3) is 2.66. The van der Waals surface area contributed by atoms with Crippen molar-refractivity contribution in [2.75, 3.05) is 0 Å². The molecule has 0 saturated carbocycles. The summed E-state index contributed by atoms with van der Waals surface area (Å²) in [5, 5.41) is 0. The van der Waals surface area contributed by atoms with Gasteiger partial charge in [-0.2, -0.15) is 5.56 Å². The number of furan rings is 1. The van der Waals surface area contributed by atoms with Crippen LogP contribution in [0.15, 0.2) is 4.42 Å². The molecule has 0 N–H and O–H groups in total. The monoisotopic (exact) mass is 194 g/mol. The van der Waals surface area contributed by atoms with Crippen LogP contribution in [0.3, 0.4) is 0 Å². The molecule has 0 atom stereocenters. The molecule has 1 heterocycles. The molecule has 0 aliphatic heterocycles. The Kier molecular flexibility index (Phi) is 4.56. The van der Waals surface area contributed by atoms with Crippen LogP contribution >= 0.6 is 0 Å². The first-order valence-electron chi connectivity index (χ1n) is 2.66. The van der Waals surface area contributed by atoms with E-state index in [-0.39, 0.29) is 58.2 Å². The summed E-state index contributed by atoms with van der Waals surface area (Å²) >= 11 is 0. The predicted octanol–water partition coefficient (Wildman–Crippen LogP) is -0.991. The minimum absolute atomic E-state index is 0. The standard InChI is InChI=1S/C7H9O.Rb/c1-5-4-6(2)8-7(5)3;/h1-3H3;/q-1;+1. The Morgan fingerprint density at radius 2 is 1.78 bits per heavy atom. The van der Waals surface area contributed by atoms with Gasteiger partial charge in [-0.1, -0.05) is 19.6 Å². The van der Waals surface area contributed by atoms with E-state index in [2.05, 4.69) is 6.07 Å². The first-order valence-corrected chi connectivity index (χ1v) is 2.66. The van der Waals surface area contributed by atoms with Gasteiger partial charge in [0, 0.05) is 0 Å². The van der Waals surface area contributed by atoms with E-state index in [0.717, 1.165) is 17.1 Å². The molecule has 0 bridgehead atoms. The van der Waals surface area contributed by atoms with Gasteiger partial charge in [0.25, 0.3) is 0 Å². The van der Waals surface area contributed by atoms with E-state index in [1.165, 1.54) is 0 Å². The molecule has 1 rings (SSSR count). The quantitative estimate of drug-likeness (QED) is 0.484. The van der Waals surface area contributed by atoms with Crippen LogP contribution in [0, 0.1) is 26.8 Å². The fraction of sp³-hybridized carbons (Fsp3) is 0.429. The molecule has 0 amide bonds. The number of hydrogen-bond acceptors (Lipinski definition) is 1. The van der Waals surface area contributed by atoms with Gasteiger partial charge in [0.1, 0.15) is 0 Å². The largest absolute Gasteiger partial charge is 1.00 e. The normalized spacial score (nSPS) is 8.78. The van der Waals surface area contributed by atoms with Gasteiger partial charge in [0.2, 0.25) is 0 Å². The molecular formula is C7H9ORb. The molecule has 0 radical (unpaired) electrons. The Bertz CT molecular complexity index is 171. The summed E-state index contributed by atoms with van der Waals surface area (Å²) in [5.41, 5.74) is 1.11. The second-order valence-corrected chi connectivity index (χ2v) is 1.96. The fourth-order valence-electron chi connectivity index (χ4n) is 0.684. The van der Waals surface area contributed by atoms with Crippen LogP contribution in [0.4, 0.5) is 0 Å². The van der Waals surface area contributed by atoms with Gasteiger partial charge < -0.3 is 4.42 Å². The number of hydrogen-bond donors (Lipinski definition) is 0. The predicted molar refractivity (Wildman–Crippen MR) is 31.8 cm³/mol. The Balaban J connectivity index is 0.000000640. The second kappa shape index (κ2) is 4.07. The first kappa shape index (κ1) is 10.1. The van der Waals surface area contributed by atoms with Crippen molar-refractivity contribution in [2.24, 2.45) is 0 Å². The SMILES string of the molecule is Cc1[c-]c(C)c(C)o1.[Rb+]. The molecule has 0 fully saturated rings. The van der Waals surface area contributed by atoms with E-state index in [0.29, 0.717) is 0 Å². The molecule has 0 aliphatic carbocycles. The van der Waals surface area contributed by atoms with Gasteiger partial charge in [-0.15, -0.1) is 0 Å². The molecule has 2 heteroatoms. The molecule has 1 aromatic heterocycles. The van der Waals surface area contributed by atoms with Crippen LogP contribution in [-0.2, 0) is 0 Å². The number of rotatable bonds is 0. The van der Waals surface area contributed by atoms with Crippen LogP contribution in [-0.4, -0.2) is 0 Å². The number of aryl methyl sites for hydroxylation is 3. The van der Waals surface area contributed by atoms with Crippen molar-refractivity contribution >= 4 is 0 Å². The van der Waals surface area contributed by atoms with Crippen LogP contribution in [0.5, 0.6) is 0 Å². The van der Waals surface area contributed by atoms with E-state index >= 15 is 0 Å². The van der Waals surface area contributed by atoms with E-state index in [1.807, 2.05) is 20.8 Å². The molecule has 1 nitrogen and oxygen atoms in total. The van der Waals surface area contributed by atoms with E-state index in [9.17, 15) is 0 Å². The van der Waals surface area contributed by atoms with Crippen molar-refractivity contribution in [2.45, 2.75) is 20.8 Å².